The molecule has 0 bridgehead atoms. The van der Waals surface area contributed by atoms with Crippen molar-refractivity contribution in [2.24, 2.45) is 16.6 Å². The molecule has 1 fully saturated rings. The molecule has 7 nitrogen and oxygen atoms in total. The molecule has 30 heavy (non-hydrogen) atoms. The molecular formula is C21H29Cl2N7. The number of aryl methyl sites for hydroxylation is 1. The molecule has 0 saturated carbocycles. The molecule has 0 amide bonds. The molecule has 162 valence electrons. The zero-order valence-corrected chi connectivity index (χ0v) is 19.1. The molecule has 1 saturated heterocycles. The number of piperidine rings is 1. The van der Waals surface area contributed by atoms with E-state index in [0.29, 0.717) is 33.6 Å². The minimum Gasteiger partial charge on any atom is -0.369 e. The molecule has 0 radical (unpaired) electrons. The molecule has 3 rings (SSSR count). The summed E-state index contributed by atoms with van der Waals surface area (Å²) in [7, 11) is 0. The van der Waals surface area contributed by atoms with Crippen LogP contribution in [0.25, 0.3) is 0 Å². The largest absolute Gasteiger partial charge is 0.369 e. The van der Waals surface area contributed by atoms with Crippen LogP contribution in [0.2, 0.25) is 10.0 Å². The molecule has 0 aliphatic carbocycles. The maximum atomic E-state index is 6.04. The molecule has 1 atom stereocenters. The number of guanidine groups is 1. The van der Waals surface area contributed by atoms with Gasteiger partial charge in [0.2, 0.25) is 5.96 Å². The Hall–Kier alpha value is -2.09. The van der Waals surface area contributed by atoms with E-state index in [-0.39, 0.29) is 5.96 Å². The molecule has 2 aromatic rings. The number of nitrogens with two attached hydrogens (primary N) is 1. The minimum absolute atomic E-state index is 0.171. The third kappa shape index (κ3) is 6.20. The Labute approximate surface area is 188 Å². The minimum atomic E-state index is 0.171. The highest BCUT2D eigenvalue weighted by atomic mass is 35.5. The lowest BCUT2D eigenvalue weighted by molar-refractivity contribution is 0.183. The van der Waals surface area contributed by atoms with Gasteiger partial charge < -0.3 is 21.3 Å². The van der Waals surface area contributed by atoms with Crippen LogP contribution in [0.5, 0.6) is 0 Å². The highest BCUT2D eigenvalue weighted by Crippen LogP contribution is 2.25. The topological polar surface area (TPSA) is 91.5 Å². The summed E-state index contributed by atoms with van der Waals surface area (Å²) in [4.78, 5) is 15.7. The molecule has 1 aromatic heterocycles. The van der Waals surface area contributed by atoms with Gasteiger partial charge in [-0.25, -0.2) is 4.98 Å². The molecule has 2 heterocycles. The number of hydrogen-bond acceptors (Lipinski definition) is 5. The highest BCUT2D eigenvalue weighted by Gasteiger charge is 2.23. The van der Waals surface area contributed by atoms with Crippen LogP contribution in [0, 0.1) is 12.8 Å². The molecule has 1 aliphatic heterocycles. The van der Waals surface area contributed by atoms with Crippen molar-refractivity contribution in [3.63, 3.8) is 0 Å². The van der Waals surface area contributed by atoms with E-state index in [1.54, 1.807) is 18.2 Å². The quantitative estimate of drug-likeness (QED) is 0.437. The van der Waals surface area contributed by atoms with Gasteiger partial charge in [0.25, 0.3) is 5.95 Å². The van der Waals surface area contributed by atoms with Gasteiger partial charge in [0, 0.05) is 23.5 Å². The fourth-order valence-corrected chi connectivity index (χ4v) is 3.95. The summed E-state index contributed by atoms with van der Waals surface area (Å²) in [6.45, 7) is 9.78. The normalized spacial score (nSPS) is 17.0. The number of rotatable bonds is 6. The number of nitrogens with one attached hydrogen (secondary N) is 2. The molecular weight excluding hydrogens is 421 g/mol. The van der Waals surface area contributed by atoms with Crippen molar-refractivity contribution in [1.82, 2.24) is 14.9 Å². The molecule has 1 aliphatic rings. The van der Waals surface area contributed by atoms with Crippen molar-refractivity contribution >= 4 is 46.6 Å². The van der Waals surface area contributed by atoms with Crippen molar-refractivity contribution in [1.29, 1.82) is 0 Å². The number of likely N-dealkylation sites (tertiary alicyclic amines) is 1. The SMILES string of the molecule is CCN1CCC(C(C)Nc2cc(C)nc(/N=C(\N)Nc3ccc(Cl)c(Cl)c3)n2)CC1. The van der Waals surface area contributed by atoms with Gasteiger partial charge in [0.15, 0.2) is 0 Å². The van der Waals surface area contributed by atoms with E-state index in [4.69, 9.17) is 28.9 Å². The second-order valence-electron chi connectivity index (χ2n) is 7.65. The van der Waals surface area contributed by atoms with Crippen molar-refractivity contribution < 1.29 is 0 Å². The number of aliphatic imine (C=N–C) groups is 1. The Balaban J connectivity index is 1.66. The fourth-order valence-electron chi connectivity index (χ4n) is 3.65. The number of nitrogens with zero attached hydrogens (tertiary/aromatic N) is 4. The van der Waals surface area contributed by atoms with Crippen LogP contribution in [0.3, 0.4) is 0 Å². The van der Waals surface area contributed by atoms with Gasteiger partial charge in [-0.2, -0.15) is 9.98 Å². The fraction of sp³-hybridized carbons (Fsp3) is 0.476. The van der Waals surface area contributed by atoms with Crippen molar-refractivity contribution in [2.45, 2.75) is 39.7 Å². The van der Waals surface area contributed by atoms with E-state index in [9.17, 15) is 0 Å². The van der Waals surface area contributed by atoms with Crippen molar-refractivity contribution in [3.8, 4) is 0 Å². The van der Waals surface area contributed by atoms with Crippen LogP contribution in [-0.4, -0.2) is 46.5 Å². The van der Waals surface area contributed by atoms with E-state index >= 15 is 0 Å². The van der Waals surface area contributed by atoms with Crippen molar-refractivity contribution in [3.05, 3.63) is 40.0 Å². The van der Waals surface area contributed by atoms with Crippen LogP contribution in [0.15, 0.2) is 29.3 Å². The molecule has 1 aromatic carbocycles. The predicted molar refractivity (Wildman–Crippen MR) is 126 cm³/mol. The summed E-state index contributed by atoms with van der Waals surface area (Å²) in [6, 6.07) is 7.39. The number of hydrogen-bond donors (Lipinski definition) is 3. The summed E-state index contributed by atoms with van der Waals surface area (Å²) < 4.78 is 0. The second-order valence-corrected chi connectivity index (χ2v) is 8.46. The summed E-state index contributed by atoms with van der Waals surface area (Å²) in [5.41, 5.74) is 7.53. The highest BCUT2D eigenvalue weighted by molar-refractivity contribution is 6.42. The monoisotopic (exact) mass is 449 g/mol. The lowest BCUT2D eigenvalue weighted by Gasteiger charge is -2.34. The molecule has 0 spiro atoms. The number of anilines is 2. The first-order valence-corrected chi connectivity index (χ1v) is 11.0. The molecule has 9 heteroatoms. The van der Waals surface area contributed by atoms with Crippen LogP contribution in [0.4, 0.5) is 17.5 Å². The van der Waals surface area contributed by atoms with E-state index in [2.05, 4.69) is 44.3 Å². The van der Waals surface area contributed by atoms with Gasteiger partial charge >= 0.3 is 0 Å². The molecule has 1 unspecified atom stereocenters. The Morgan fingerprint density at radius 1 is 1.23 bits per heavy atom. The van der Waals surface area contributed by atoms with E-state index < -0.39 is 0 Å². The van der Waals surface area contributed by atoms with Gasteiger partial charge in [0.1, 0.15) is 5.82 Å². The van der Waals surface area contributed by atoms with Crippen molar-refractivity contribution in [2.75, 3.05) is 30.3 Å². The first-order valence-electron chi connectivity index (χ1n) is 10.2. The average molecular weight is 450 g/mol. The second kappa shape index (κ2) is 10.3. The van der Waals surface area contributed by atoms with Gasteiger partial charge in [0.05, 0.1) is 10.0 Å². The maximum Gasteiger partial charge on any atom is 0.254 e. The van der Waals surface area contributed by atoms with E-state index in [1.807, 2.05) is 13.0 Å². The lowest BCUT2D eigenvalue weighted by Crippen LogP contribution is -2.39. The summed E-state index contributed by atoms with van der Waals surface area (Å²) in [5.74, 6) is 1.85. The summed E-state index contributed by atoms with van der Waals surface area (Å²) >= 11 is 12.0. The van der Waals surface area contributed by atoms with Gasteiger partial charge in [-0.3, -0.25) is 0 Å². The van der Waals surface area contributed by atoms with Gasteiger partial charge in [-0.1, -0.05) is 30.1 Å². The standard InChI is InChI=1S/C21H29Cl2N7/c1-4-30-9-7-15(8-10-30)14(3)26-19-11-13(2)25-21(28-19)29-20(24)27-16-5-6-17(22)18(23)12-16/h5-6,11-12,14-15H,4,7-10H2,1-3H3,(H4,24,25,26,27,28,29). The summed E-state index contributed by atoms with van der Waals surface area (Å²) in [5, 5.41) is 7.42. The van der Waals surface area contributed by atoms with Crippen LogP contribution in [-0.2, 0) is 0 Å². The van der Waals surface area contributed by atoms with Crippen LogP contribution >= 0.6 is 23.2 Å². The summed E-state index contributed by atoms with van der Waals surface area (Å²) in [6.07, 6.45) is 2.38. The number of halogens is 2. The Bertz CT molecular complexity index is 895. The lowest BCUT2D eigenvalue weighted by atomic mass is 9.90. The molecule has 4 N–H and O–H groups in total. The van der Waals surface area contributed by atoms with Crippen LogP contribution < -0.4 is 16.4 Å². The Morgan fingerprint density at radius 2 is 1.97 bits per heavy atom. The zero-order chi connectivity index (χ0) is 21.7. The van der Waals surface area contributed by atoms with E-state index in [0.717, 1.165) is 31.1 Å². The zero-order valence-electron chi connectivity index (χ0n) is 17.6. The number of aromatic nitrogens is 2. The predicted octanol–water partition coefficient (Wildman–Crippen LogP) is 4.68. The smallest absolute Gasteiger partial charge is 0.254 e. The average Bonchev–Trinajstić information content (AvgIpc) is 2.70. The third-order valence-electron chi connectivity index (χ3n) is 5.42. The Morgan fingerprint density at radius 3 is 2.63 bits per heavy atom. The third-order valence-corrected chi connectivity index (χ3v) is 6.16. The van der Waals surface area contributed by atoms with E-state index in [1.165, 1.54) is 12.8 Å². The maximum absolute atomic E-state index is 6.04. The number of benzene rings is 1. The van der Waals surface area contributed by atoms with Gasteiger partial charge in [-0.15, -0.1) is 0 Å². The Kier molecular flexibility index (Phi) is 7.75. The van der Waals surface area contributed by atoms with Gasteiger partial charge in [-0.05, 0) is 70.4 Å². The first kappa shape index (κ1) is 22.6. The van der Waals surface area contributed by atoms with Crippen LogP contribution in [0.1, 0.15) is 32.4 Å². The first-order chi connectivity index (χ1) is 14.3.